The van der Waals surface area contributed by atoms with Gasteiger partial charge in [0.2, 0.25) is 5.95 Å². The maximum atomic E-state index is 4.79. The lowest BCUT2D eigenvalue weighted by molar-refractivity contribution is 0.726. The number of nitrogens with zero attached hydrogens (tertiary/aromatic N) is 3. The average Bonchev–Trinajstić information content (AvgIpc) is 2.86. The lowest BCUT2D eigenvalue weighted by Gasteiger charge is -2.23. The number of rotatable bonds is 8. The summed E-state index contributed by atoms with van der Waals surface area (Å²) in [6.45, 7) is 11.7. The van der Waals surface area contributed by atoms with E-state index >= 15 is 0 Å². The number of hydrogen-bond acceptors (Lipinski definition) is 5. The summed E-state index contributed by atoms with van der Waals surface area (Å²) in [6.07, 6.45) is 3.47. The summed E-state index contributed by atoms with van der Waals surface area (Å²) in [5.41, 5.74) is 0. The third kappa shape index (κ3) is 3.84. The monoisotopic (exact) mass is 306 g/mol. The molecule has 2 aromatic rings. The molecular formula is C16H26N4S. The molecule has 0 amide bonds. The minimum absolute atomic E-state index is 0.760. The standard InChI is InChI=1S/C16H26N4S/c1-5-8-10-20(7-3)14-13-11-12(4)21-15(13)19-16(18-14)17-9-6-2/h11H,5-10H2,1-4H3,(H,17,18,19). The largest absolute Gasteiger partial charge is 0.356 e. The zero-order chi connectivity index (χ0) is 15.2. The van der Waals surface area contributed by atoms with Gasteiger partial charge < -0.3 is 10.2 Å². The van der Waals surface area contributed by atoms with Gasteiger partial charge in [0.05, 0.1) is 5.39 Å². The van der Waals surface area contributed by atoms with Crippen molar-refractivity contribution in [2.75, 3.05) is 29.9 Å². The molecule has 116 valence electrons. The Hall–Kier alpha value is -1.36. The molecule has 0 saturated carbocycles. The molecule has 2 aromatic heterocycles. The summed E-state index contributed by atoms with van der Waals surface area (Å²) >= 11 is 1.75. The first kappa shape index (κ1) is 16.0. The fraction of sp³-hybridized carbons (Fsp3) is 0.625. The van der Waals surface area contributed by atoms with E-state index in [1.54, 1.807) is 11.3 Å². The number of aromatic nitrogens is 2. The normalized spacial score (nSPS) is 11.0. The van der Waals surface area contributed by atoms with E-state index in [-0.39, 0.29) is 0 Å². The summed E-state index contributed by atoms with van der Waals surface area (Å²) in [5, 5.41) is 4.52. The van der Waals surface area contributed by atoms with E-state index in [1.807, 2.05) is 0 Å². The van der Waals surface area contributed by atoms with Gasteiger partial charge in [-0.05, 0) is 32.8 Å². The number of unbranched alkanes of at least 4 members (excludes halogenated alkanes) is 1. The molecule has 0 aliphatic carbocycles. The molecule has 1 N–H and O–H groups in total. The van der Waals surface area contributed by atoms with Crippen LogP contribution in [0.4, 0.5) is 11.8 Å². The van der Waals surface area contributed by atoms with Gasteiger partial charge in [-0.2, -0.15) is 4.98 Å². The molecule has 5 heteroatoms. The highest BCUT2D eigenvalue weighted by Gasteiger charge is 2.15. The van der Waals surface area contributed by atoms with Crippen molar-refractivity contribution in [3.8, 4) is 0 Å². The van der Waals surface area contributed by atoms with Crippen LogP contribution in [-0.2, 0) is 0 Å². The number of nitrogens with one attached hydrogen (secondary N) is 1. The highest BCUT2D eigenvalue weighted by molar-refractivity contribution is 7.18. The number of aryl methyl sites for hydroxylation is 1. The van der Waals surface area contributed by atoms with E-state index in [1.165, 1.54) is 23.1 Å². The van der Waals surface area contributed by atoms with Crippen LogP contribution in [0, 0.1) is 6.92 Å². The molecule has 0 spiro atoms. The van der Waals surface area contributed by atoms with E-state index < -0.39 is 0 Å². The second-order valence-corrected chi connectivity index (χ2v) is 6.54. The second-order valence-electron chi connectivity index (χ2n) is 5.31. The van der Waals surface area contributed by atoms with Gasteiger partial charge in [-0.25, -0.2) is 4.98 Å². The van der Waals surface area contributed by atoms with E-state index in [0.717, 1.165) is 42.7 Å². The van der Waals surface area contributed by atoms with Crippen LogP contribution >= 0.6 is 11.3 Å². The summed E-state index contributed by atoms with van der Waals surface area (Å²) in [5.74, 6) is 1.84. The number of fused-ring (bicyclic) bond motifs is 1. The van der Waals surface area contributed by atoms with Crippen LogP contribution in [0.25, 0.3) is 10.2 Å². The molecule has 2 rings (SSSR count). The van der Waals surface area contributed by atoms with Gasteiger partial charge in [-0.1, -0.05) is 20.3 Å². The molecule has 0 bridgehead atoms. The van der Waals surface area contributed by atoms with E-state index in [9.17, 15) is 0 Å². The Morgan fingerprint density at radius 3 is 2.67 bits per heavy atom. The Morgan fingerprint density at radius 1 is 1.19 bits per heavy atom. The summed E-state index contributed by atoms with van der Waals surface area (Å²) in [7, 11) is 0. The summed E-state index contributed by atoms with van der Waals surface area (Å²) < 4.78 is 0. The molecule has 0 aliphatic rings. The van der Waals surface area contributed by atoms with Crippen molar-refractivity contribution < 1.29 is 0 Å². The zero-order valence-corrected chi connectivity index (χ0v) is 14.4. The maximum Gasteiger partial charge on any atom is 0.226 e. The van der Waals surface area contributed by atoms with Crippen molar-refractivity contribution in [3.05, 3.63) is 10.9 Å². The fourth-order valence-electron chi connectivity index (χ4n) is 2.35. The molecule has 0 saturated heterocycles. The first-order valence-electron chi connectivity index (χ1n) is 7.96. The van der Waals surface area contributed by atoms with E-state index in [2.05, 4.69) is 49.0 Å². The fourth-order valence-corrected chi connectivity index (χ4v) is 3.22. The highest BCUT2D eigenvalue weighted by Crippen LogP contribution is 2.31. The smallest absolute Gasteiger partial charge is 0.226 e. The Morgan fingerprint density at radius 2 is 2.00 bits per heavy atom. The predicted molar refractivity (Wildman–Crippen MR) is 93.7 cm³/mol. The van der Waals surface area contributed by atoms with Crippen LogP contribution in [0.2, 0.25) is 0 Å². The van der Waals surface area contributed by atoms with Crippen LogP contribution in [0.5, 0.6) is 0 Å². The van der Waals surface area contributed by atoms with Gasteiger partial charge in [0.25, 0.3) is 0 Å². The third-order valence-electron chi connectivity index (χ3n) is 3.49. The zero-order valence-electron chi connectivity index (χ0n) is 13.6. The average molecular weight is 306 g/mol. The van der Waals surface area contributed by atoms with Gasteiger partial charge in [0.1, 0.15) is 10.6 Å². The van der Waals surface area contributed by atoms with Gasteiger partial charge >= 0.3 is 0 Å². The van der Waals surface area contributed by atoms with Crippen molar-refractivity contribution in [3.63, 3.8) is 0 Å². The van der Waals surface area contributed by atoms with Gasteiger partial charge in [0.15, 0.2) is 0 Å². The molecule has 0 aromatic carbocycles. The molecule has 0 aliphatic heterocycles. The first-order valence-corrected chi connectivity index (χ1v) is 8.78. The van der Waals surface area contributed by atoms with Crippen LogP contribution < -0.4 is 10.2 Å². The summed E-state index contributed by atoms with van der Waals surface area (Å²) in [6, 6.07) is 2.22. The minimum Gasteiger partial charge on any atom is -0.356 e. The summed E-state index contributed by atoms with van der Waals surface area (Å²) in [4.78, 5) is 14.2. The van der Waals surface area contributed by atoms with E-state index in [0.29, 0.717) is 0 Å². The number of thiophene rings is 1. The molecule has 21 heavy (non-hydrogen) atoms. The highest BCUT2D eigenvalue weighted by atomic mass is 32.1. The number of anilines is 2. The molecule has 0 radical (unpaired) electrons. The molecule has 4 nitrogen and oxygen atoms in total. The molecule has 0 atom stereocenters. The SMILES string of the molecule is CCCCN(CC)c1nc(NCCC)nc2sc(C)cc12. The lowest BCUT2D eigenvalue weighted by Crippen LogP contribution is -2.25. The molecule has 0 fully saturated rings. The molecule has 0 unspecified atom stereocenters. The number of hydrogen-bond donors (Lipinski definition) is 1. The topological polar surface area (TPSA) is 41.1 Å². The van der Waals surface area contributed by atoms with E-state index in [4.69, 9.17) is 4.98 Å². The molecular weight excluding hydrogens is 280 g/mol. The third-order valence-corrected chi connectivity index (χ3v) is 4.44. The Bertz CT molecular complexity index is 579. The lowest BCUT2D eigenvalue weighted by atomic mass is 10.2. The Labute approximate surface area is 131 Å². The van der Waals surface area contributed by atoms with Crippen LogP contribution in [-0.4, -0.2) is 29.6 Å². The van der Waals surface area contributed by atoms with Crippen LogP contribution in [0.1, 0.15) is 44.9 Å². The van der Waals surface area contributed by atoms with Gasteiger partial charge in [-0.3, -0.25) is 0 Å². The van der Waals surface area contributed by atoms with Crippen molar-refractivity contribution in [1.82, 2.24) is 9.97 Å². The van der Waals surface area contributed by atoms with Crippen molar-refractivity contribution in [1.29, 1.82) is 0 Å². The van der Waals surface area contributed by atoms with Crippen LogP contribution in [0.15, 0.2) is 6.07 Å². The Kier molecular flexibility index (Phi) is 5.79. The van der Waals surface area contributed by atoms with Crippen molar-refractivity contribution in [2.45, 2.75) is 47.0 Å². The van der Waals surface area contributed by atoms with Crippen molar-refractivity contribution >= 4 is 33.3 Å². The van der Waals surface area contributed by atoms with Crippen molar-refractivity contribution in [2.24, 2.45) is 0 Å². The van der Waals surface area contributed by atoms with Crippen LogP contribution in [0.3, 0.4) is 0 Å². The Balaban J connectivity index is 2.41. The minimum atomic E-state index is 0.760. The molecule has 2 heterocycles. The van der Waals surface area contributed by atoms with Gasteiger partial charge in [0, 0.05) is 24.5 Å². The van der Waals surface area contributed by atoms with Gasteiger partial charge in [-0.15, -0.1) is 11.3 Å². The first-order chi connectivity index (χ1) is 10.2. The second kappa shape index (κ2) is 7.59. The quantitative estimate of drug-likeness (QED) is 0.782. The predicted octanol–water partition coefficient (Wildman–Crippen LogP) is 4.45. The maximum absolute atomic E-state index is 4.79.